The van der Waals surface area contributed by atoms with Crippen molar-refractivity contribution in [3.8, 4) is 0 Å². The number of benzene rings is 2. The van der Waals surface area contributed by atoms with Crippen LogP contribution in [0.5, 0.6) is 0 Å². The Kier molecular flexibility index (Phi) is 5.75. The van der Waals surface area contributed by atoms with Gasteiger partial charge in [-0.25, -0.2) is 0 Å². The van der Waals surface area contributed by atoms with E-state index in [1.165, 1.54) is 11.3 Å². The Morgan fingerprint density at radius 1 is 1.04 bits per heavy atom. The van der Waals surface area contributed by atoms with Gasteiger partial charge in [-0.1, -0.05) is 36.4 Å². The van der Waals surface area contributed by atoms with Crippen molar-refractivity contribution in [2.75, 3.05) is 18.0 Å². The average Bonchev–Trinajstić information content (AvgIpc) is 2.58. The fraction of sp³-hybridized carbons (Fsp3) is 0.286. The van der Waals surface area contributed by atoms with Crippen LogP contribution in [-0.4, -0.2) is 18.9 Å². The van der Waals surface area contributed by atoms with Gasteiger partial charge in [0.05, 0.1) is 0 Å². The second-order valence-corrected chi connectivity index (χ2v) is 5.74. The maximum atomic E-state index is 12.5. The Morgan fingerprint density at radius 3 is 2.26 bits per heavy atom. The molecule has 0 spiro atoms. The van der Waals surface area contributed by atoms with Crippen LogP contribution in [-0.2, 0) is 0 Å². The van der Waals surface area contributed by atoms with Crippen molar-refractivity contribution < 1.29 is 4.79 Å². The van der Waals surface area contributed by atoms with E-state index in [-0.39, 0.29) is 5.78 Å². The van der Waals surface area contributed by atoms with Gasteiger partial charge in [0.25, 0.3) is 0 Å². The second-order valence-electron chi connectivity index (χ2n) is 5.74. The van der Waals surface area contributed by atoms with Gasteiger partial charge in [0, 0.05) is 24.3 Å². The van der Waals surface area contributed by atoms with E-state index in [1.807, 2.05) is 43.3 Å². The number of hydrogen-bond donors (Lipinski definition) is 0. The Bertz CT molecular complexity index is 697. The number of Topliss-reactive ketones (excluding diaryl/α,β-unsaturated/α-hetero) is 1. The molecule has 0 aliphatic heterocycles. The van der Waals surface area contributed by atoms with Gasteiger partial charge in [0.15, 0.2) is 5.78 Å². The first-order valence-corrected chi connectivity index (χ1v) is 8.20. The van der Waals surface area contributed by atoms with Gasteiger partial charge in [0.2, 0.25) is 0 Å². The molecule has 0 aliphatic carbocycles. The van der Waals surface area contributed by atoms with Crippen LogP contribution in [0.4, 0.5) is 5.69 Å². The molecule has 2 aromatic carbocycles. The van der Waals surface area contributed by atoms with E-state index in [9.17, 15) is 4.79 Å². The highest BCUT2D eigenvalue weighted by Gasteiger charge is 2.09. The van der Waals surface area contributed by atoms with Gasteiger partial charge in [-0.05, 0) is 62.6 Å². The number of anilines is 1. The molecule has 2 nitrogen and oxygen atoms in total. The van der Waals surface area contributed by atoms with Crippen LogP contribution < -0.4 is 4.90 Å². The summed E-state index contributed by atoms with van der Waals surface area (Å²) in [6, 6.07) is 15.9. The fourth-order valence-electron chi connectivity index (χ4n) is 2.72. The van der Waals surface area contributed by atoms with Gasteiger partial charge in [-0.2, -0.15) is 0 Å². The molecule has 0 amide bonds. The molecule has 0 aromatic heterocycles. The minimum atomic E-state index is 0.0813. The molecule has 0 unspecified atom stereocenters. The highest BCUT2D eigenvalue weighted by molar-refractivity contribution is 6.10. The highest BCUT2D eigenvalue weighted by Crippen LogP contribution is 2.22. The number of ketones is 1. The lowest BCUT2D eigenvalue weighted by Gasteiger charge is -2.22. The molecule has 120 valence electrons. The Hall–Kier alpha value is -2.35. The molecular weight excluding hydrogens is 282 g/mol. The summed E-state index contributed by atoms with van der Waals surface area (Å²) in [7, 11) is 0. The molecule has 0 aliphatic rings. The molecule has 2 aromatic rings. The Morgan fingerprint density at radius 2 is 1.70 bits per heavy atom. The quantitative estimate of drug-likeness (QED) is 0.545. The summed E-state index contributed by atoms with van der Waals surface area (Å²) in [5.74, 6) is 0.0813. The maximum Gasteiger partial charge on any atom is 0.188 e. The summed E-state index contributed by atoms with van der Waals surface area (Å²) in [5.41, 5.74) is 5.02. The lowest BCUT2D eigenvalue weighted by molar-refractivity contribution is 0.103. The molecule has 0 bridgehead atoms. The van der Waals surface area contributed by atoms with E-state index >= 15 is 0 Å². The van der Waals surface area contributed by atoms with Crippen LogP contribution in [0.1, 0.15) is 42.3 Å². The molecular formula is C21H25NO. The molecule has 0 atom stereocenters. The summed E-state index contributed by atoms with van der Waals surface area (Å²) in [5, 5.41) is 0. The van der Waals surface area contributed by atoms with Crippen LogP contribution in [0.15, 0.2) is 54.1 Å². The van der Waals surface area contributed by atoms with Crippen LogP contribution >= 0.6 is 0 Å². The number of carbonyl (C=O) groups excluding carboxylic acids is 1. The third kappa shape index (κ3) is 4.10. The summed E-state index contributed by atoms with van der Waals surface area (Å²) < 4.78 is 0. The molecule has 2 rings (SSSR count). The van der Waals surface area contributed by atoms with E-state index < -0.39 is 0 Å². The van der Waals surface area contributed by atoms with Crippen molar-refractivity contribution >= 4 is 17.5 Å². The van der Waals surface area contributed by atoms with Gasteiger partial charge >= 0.3 is 0 Å². The smallest absolute Gasteiger partial charge is 0.188 e. The van der Waals surface area contributed by atoms with E-state index in [2.05, 4.69) is 43.9 Å². The first-order chi connectivity index (χ1) is 11.1. The SMILES string of the molecule is CCN(CC)c1ccc(C=C(C)C(=O)c2ccccc2)c(C)c1. The largest absolute Gasteiger partial charge is 0.372 e. The van der Waals surface area contributed by atoms with Crippen molar-refractivity contribution in [1.82, 2.24) is 0 Å². The molecule has 0 radical (unpaired) electrons. The van der Waals surface area contributed by atoms with Crippen molar-refractivity contribution in [2.24, 2.45) is 0 Å². The Labute approximate surface area is 139 Å². The highest BCUT2D eigenvalue weighted by atomic mass is 16.1. The topological polar surface area (TPSA) is 20.3 Å². The zero-order chi connectivity index (χ0) is 16.8. The molecule has 0 saturated carbocycles. The Balaban J connectivity index is 2.27. The summed E-state index contributed by atoms with van der Waals surface area (Å²) in [6.45, 7) is 10.3. The van der Waals surface area contributed by atoms with Crippen molar-refractivity contribution in [3.05, 3.63) is 70.8 Å². The first kappa shape index (κ1) is 17.0. The van der Waals surface area contributed by atoms with Crippen LogP contribution in [0.25, 0.3) is 6.08 Å². The van der Waals surface area contributed by atoms with E-state index in [0.717, 1.165) is 29.8 Å². The third-order valence-electron chi connectivity index (χ3n) is 4.15. The number of allylic oxidation sites excluding steroid dienone is 1. The standard InChI is InChI=1S/C21H25NO/c1-5-22(6-2)20-13-12-19(16(3)15-20)14-17(4)21(23)18-10-8-7-9-11-18/h7-15H,5-6H2,1-4H3. The minimum Gasteiger partial charge on any atom is -0.372 e. The van der Waals surface area contributed by atoms with E-state index in [0.29, 0.717) is 0 Å². The molecule has 0 heterocycles. The van der Waals surface area contributed by atoms with Gasteiger partial charge in [-0.15, -0.1) is 0 Å². The van der Waals surface area contributed by atoms with Crippen molar-refractivity contribution in [1.29, 1.82) is 0 Å². The number of rotatable bonds is 6. The monoisotopic (exact) mass is 307 g/mol. The number of hydrogen-bond acceptors (Lipinski definition) is 2. The zero-order valence-corrected chi connectivity index (χ0v) is 14.5. The van der Waals surface area contributed by atoms with Gasteiger partial charge in [-0.3, -0.25) is 4.79 Å². The molecule has 0 saturated heterocycles. The summed E-state index contributed by atoms with van der Waals surface area (Å²) in [6.07, 6.45) is 1.98. The molecule has 23 heavy (non-hydrogen) atoms. The van der Waals surface area contributed by atoms with E-state index in [1.54, 1.807) is 0 Å². The second kappa shape index (κ2) is 7.77. The van der Waals surface area contributed by atoms with Crippen molar-refractivity contribution in [3.63, 3.8) is 0 Å². The predicted molar refractivity (Wildman–Crippen MR) is 99.2 cm³/mol. The minimum absolute atomic E-state index is 0.0813. The van der Waals surface area contributed by atoms with Gasteiger partial charge < -0.3 is 4.90 Å². The fourth-order valence-corrected chi connectivity index (χ4v) is 2.72. The summed E-state index contributed by atoms with van der Waals surface area (Å²) >= 11 is 0. The summed E-state index contributed by atoms with van der Waals surface area (Å²) in [4.78, 5) is 14.8. The van der Waals surface area contributed by atoms with Gasteiger partial charge in [0.1, 0.15) is 0 Å². The van der Waals surface area contributed by atoms with Crippen LogP contribution in [0, 0.1) is 6.92 Å². The lowest BCUT2D eigenvalue weighted by atomic mass is 10.00. The lowest BCUT2D eigenvalue weighted by Crippen LogP contribution is -2.21. The predicted octanol–water partition coefficient (Wildman–Crippen LogP) is 5.13. The van der Waals surface area contributed by atoms with Crippen LogP contribution in [0.2, 0.25) is 0 Å². The van der Waals surface area contributed by atoms with E-state index in [4.69, 9.17) is 0 Å². The number of nitrogens with zero attached hydrogens (tertiary/aromatic N) is 1. The van der Waals surface area contributed by atoms with Crippen LogP contribution in [0.3, 0.4) is 0 Å². The molecule has 0 fully saturated rings. The average molecular weight is 307 g/mol. The molecule has 0 N–H and O–H groups in total. The number of aryl methyl sites for hydroxylation is 1. The number of carbonyl (C=O) groups is 1. The molecule has 2 heteroatoms. The maximum absolute atomic E-state index is 12.5. The first-order valence-electron chi connectivity index (χ1n) is 8.20. The normalized spacial score (nSPS) is 11.4. The third-order valence-corrected chi connectivity index (χ3v) is 4.15. The zero-order valence-electron chi connectivity index (χ0n) is 14.5. The van der Waals surface area contributed by atoms with Crippen molar-refractivity contribution in [2.45, 2.75) is 27.7 Å².